The summed E-state index contributed by atoms with van der Waals surface area (Å²) in [5.74, 6) is 0.381. The summed E-state index contributed by atoms with van der Waals surface area (Å²) in [5, 5.41) is 7.18. The van der Waals surface area contributed by atoms with Crippen molar-refractivity contribution in [3.63, 3.8) is 0 Å². The molecule has 0 aliphatic heterocycles. The van der Waals surface area contributed by atoms with Crippen molar-refractivity contribution in [2.24, 2.45) is 12.5 Å². The quantitative estimate of drug-likeness (QED) is 0.360. The van der Waals surface area contributed by atoms with E-state index >= 15 is 0 Å². The lowest BCUT2D eigenvalue weighted by atomic mass is 9.98. The Hall–Kier alpha value is -3.82. The minimum atomic E-state index is -0.652. The summed E-state index contributed by atoms with van der Waals surface area (Å²) in [6.45, 7) is 5.02. The van der Waals surface area contributed by atoms with Gasteiger partial charge in [-0.3, -0.25) is 19.2 Å². The van der Waals surface area contributed by atoms with E-state index in [-0.39, 0.29) is 6.73 Å². The highest BCUT2D eigenvalue weighted by molar-refractivity contribution is 5.77. The van der Waals surface area contributed by atoms with Crippen molar-refractivity contribution in [1.29, 1.82) is 0 Å². The van der Waals surface area contributed by atoms with Gasteiger partial charge in [-0.2, -0.15) is 5.10 Å². The number of carbonyl (C=O) groups is 2. The standard InChI is InChI=1S/C20H23N7O3/c1-20(2,3)18(29)30-13-27(12-28)17-6-5-14(9-22-17)16-7-8-21-19(25-16)24-15-10-23-26(4)11-15/h5-12H,13H2,1-4H3,(H,21,24,25). The van der Waals surface area contributed by atoms with Crippen molar-refractivity contribution in [1.82, 2.24) is 24.7 Å². The molecular weight excluding hydrogens is 386 g/mol. The molecule has 0 radical (unpaired) electrons. The molecule has 0 bridgehead atoms. The Balaban J connectivity index is 1.71. The van der Waals surface area contributed by atoms with Gasteiger partial charge in [0.2, 0.25) is 12.4 Å². The van der Waals surface area contributed by atoms with Crippen molar-refractivity contribution in [2.45, 2.75) is 20.8 Å². The van der Waals surface area contributed by atoms with E-state index in [2.05, 4.69) is 25.4 Å². The first-order chi connectivity index (χ1) is 14.3. The van der Waals surface area contributed by atoms with Gasteiger partial charge < -0.3 is 10.1 Å². The maximum Gasteiger partial charge on any atom is 0.312 e. The monoisotopic (exact) mass is 409 g/mol. The number of pyridine rings is 1. The van der Waals surface area contributed by atoms with Crippen molar-refractivity contribution in [3.8, 4) is 11.3 Å². The Labute approximate surface area is 173 Å². The minimum Gasteiger partial charge on any atom is -0.443 e. The molecule has 156 valence electrons. The van der Waals surface area contributed by atoms with Crippen LogP contribution in [0.2, 0.25) is 0 Å². The number of nitrogens with zero attached hydrogens (tertiary/aromatic N) is 6. The predicted octanol–water partition coefficient (Wildman–Crippen LogP) is 2.53. The van der Waals surface area contributed by atoms with Crippen molar-refractivity contribution in [2.75, 3.05) is 16.9 Å². The second-order valence-electron chi connectivity index (χ2n) is 7.58. The lowest BCUT2D eigenvalue weighted by Gasteiger charge is -2.21. The van der Waals surface area contributed by atoms with Gasteiger partial charge in [0.05, 0.1) is 23.0 Å². The number of aryl methyl sites for hydroxylation is 1. The Morgan fingerprint density at radius 1 is 1.23 bits per heavy atom. The molecule has 0 aliphatic carbocycles. The molecule has 10 nitrogen and oxygen atoms in total. The van der Waals surface area contributed by atoms with Crippen LogP contribution in [0.3, 0.4) is 0 Å². The minimum absolute atomic E-state index is 0.210. The maximum absolute atomic E-state index is 11.9. The van der Waals surface area contributed by atoms with Crippen LogP contribution in [0.4, 0.5) is 17.5 Å². The van der Waals surface area contributed by atoms with Gasteiger partial charge in [0.25, 0.3) is 0 Å². The molecule has 0 saturated carbocycles. The Kier molecular flexibility index (Phi) is 6.05. The highest BCUT2D eigenvalue weighted by atomic mass is 16.5. The Morgan fingerprint density at radius 3 is 2.63 bits per heavy atom. The smallest absolute Gasteiger partial charge is 0.312 e. The van der Waals surface area contributed by atoms with Crippen LogP contribution in [0, 0.1) is 5.41 Å². The van der Waals surface area contributed by atoms with Crippen molar-refractivity contribution < 1.29 is 14.3 Å². The first kappa shape index (κ1) is 20.9. The number of nitrogens with one attached hydrogen (secondary N) is 1. The molecule has 0 saturated heterocycles. The molecule has 3 aromatic rings. The third-order valence-electron chi connectivity index (χ3n) is 4.03. The number of rotatable bonds is 7. The van der Waals surface area contributed by atoms with Crippen molar-refractivity contribution in [3.05, 3.63) is 43.0 Å². The fraction of sp³-hybridized carbons (Fsp3) is 0.300. The first-order valence-electron chi connectivity index (χ1n) is 9.20. The lowest BCUT2D eigenvalue weighted by Crippen LogP contribution is -2.31. The topological polar surface area (TPSA) is 115 Å². The molecule has 3 aromatic heterocycles. The highest BCUT2D eigenvalue weighted by Gasteiger charge is 2.24. The fourth-order valence-corrected chi connectivity index (χ4v) is 2.40. The number of hydrogen-bond acceptors (Lipinski definition) is 8. The normalized spacial score (nSPS) is 11.1. The number of amides is 1. The molecule has 3 rings (SSSR count). The van der Waals surface area contributed by atoms with E-state index < -0.39 is 11.4 Å². The van der Waals surface area contributed by atoms with Gasteiger partial charge in [0, 0.05) is 31.2 Å². The largest absolute Gasteiger partial charge is 0.443 e. The van der Waals surface area contributed by atoms with Gasteiger partial charge in [-0.25, -0.2) is 15.0 Å². The average molecular weight is 409 g/mol. The van der Waals surface area contributed by atoms with Crippen LogP contribution in [-0.4, -0.2) is 43.8 Å². The summed E-state index contributed by atoms with van der Waals surface area (Å²) in [5.41, 5.74) is 1.52. The fourth-order valence-electron chi connectivity index (χ4n) is 2.40. The summed E-state index contributed by atoms with van der Waals surface area (Å²) >= 11 is 0. The number of aromatic nitrogens is 5. The molecule has 0 aliphatic rings. The van der Waals surface area contributed by atoms with Gasteiger partial charge >= 0.3 is 5.97 Å². The molecule has 0 fully saturated rings. The van der Waals surface area contributed by atoms with E-state index in [4.69, 9.17) is 4.74 Å². The summed E-state index contributed by atoms with van der Waals surface area (Å²) in [6.07, 6.45) is 7.28. The van der Waals surface area contributed by atoms with Crippen LogP contribution in [0.15, 0.2) is 43.0 Å². The van der Waals surface area contributed by atoms with Gasteiger partial charge in [-0.15, -0.1) is 0 Å². The summed E-state index contributed by atoms with van der Waals surface area (Å²) in [7, 11) is 1.82. The third kappa shape index (κ3) is 5.16. The number of carbonyl (C=O) groups excluding carboxylic acids is 2. The van der Waals surface area contributed by atoms with Crippen molar-refractivity contribution >= 4 is 29.8 Å². The Morgan fingerprint density at radius 2 is 2.03 bits per heavy atom. The number of anilines is 3. The molecule has 0 unspecified atom stereocenters. The Bertz CT molecular complexity index is 1030. The van der Waals surface area contributed by atoms with E-state index in [9.17, 15) is 9.59 Å². The predicted molar refractivity (Wildman–Crippen MR) is 111 cm³/mol. The van der Waals surface area contributed by atoms with Gasteiger partial charge in [-0.1, -0.05) is 0 Å². The molecule has 10 heteroatoms. The second-order valence-corrected chi connectivity index (χ2v) is 7.58. The summed E-state index contributed by atoms with van der Waals surface area (Å²) in [6, 6.07) is 5.19. The van der Waals surface area contributed by atoms with E-state index in [1.54, 1.807) is 62.2 Å². The molecule has 0 atom stereocenters. The maximum atomic E-state index is 11.9. The van der Waals surface area contributed by atoms with E-state index in [1.165, 1.54) is 4.90 Å². The van der Waals surface area contributed by atoms with Crippen LogP contribution >= 0.6 is 0 Å². The number of esters is 1. The molecular formula is C20H23N7O3. The molecule has 30 heavy (non-hydrogen) atoms. The zero-order valence-corrected chi connectivity index (χ0v) is 17.2. The molecule has 1 amide bonds. The zero-order valence-electron chi connectivity index (χ0n) is 17.2. The summed E-state index contributed by atoms with van der Waals surface area (Å²) < 4.78 is 6.86. The van der Waals surface area contributed by atoms with Gasteiger partial charge in [0.1, 0.15) is 5.82 Å². The highest BCUT2D eigenvalue weighted by Crippen LogP contribution is 2.21. The molecule has 1 N–H and O–H groups in total. The summed E-state index contributed by atoms with van der Waals surface area (Å²) in [4.78, 5) is 37.5. The van der Waals surface area contributed by atoms with Crippen LogP contribution in [0.5, 0.6) is 0 Å². The van der Waals surface area contributed by atoms with Gasteiger partial charge in [0.15, 0.2) is 6.73 Å². The molecule has 0 spiro atoms. The van der Waals surface area contributed by atoms with Gasteiger partial charge in [-0.05, 0) is 39.0 Å². The first-order valence-corrected chi connectivity index (χ1v) is 9.20. The lowest BCUT2D eigenvalue weighted by molar-refractivity contribution is -0.152. The van der Waals surface area contributed by atoms with Crippen LogP contribution in [0.1, 0.15) is 20.8 Å². The van der Waals surface area contributed by atoms with E-state index in [0.717, 1.165) is 11.3 Å². The van der Waals surface area contributed by atoms with Crippen LogP contribution < -0.4 is 10.2 Å². The number of hydrogen-bond donors (Lipinski definition) is 1. The SMILES string of the molecule is Cn1cc(Nc2nccc(-c3ccc(N(C=O)COC(=O)C(C)(C)C)nc3)n2)cn1. The zero-order chi connectivity index (χ0) is 21.7. The molecule has 0 aromatic carbocycles. The van der Waals surface area contributed by atoms with Crippen LogP contribution in [-0.2, 0) is 21.4 Å². The molecule has 3 heterocycles. The van der Waals surface area contributed by atoms with Crippen LogP contribution in [0.25, 0.3) is 11.3 Å². The third-order valence-corrected chi connectivity index (χ3v) is 4.03. The number of ether oxygens (including phenoxy) is 1. The van der Waals surface area contributed by atoms with E-state index in [0.29, 0.717) is 23.9 Å². The average Bonchev–Trinajstić information content (AvgIpc) is 3.13. The van der Waals surface area contributed by atoms with E-state index in [1.807, 2.05) is 13.2 Å². The second kappa shape index (κ2) is 8.68.